The average Bonchev–Trinajstić information content (AvgIpc) is 2.96. The second kappa shape index (κ2) is 8.31. The molecule has 10 nitrogen and oxygen atoms in total. The fourth-order valence-corrected chi connectivity index (χ4v) is 3.98. The molecule has 4 rings (SSSR count). The third-order valence-corrected chi connectivity index (χ3v) is 5.75. The van der Waals surface area contributed by atoms with Gasteiger partial charge in [-0.05, 0) is 44.2 Å². The SMILES string of the molecule is C.COC1CCC(n2c(=O)n(C)c3cnc(Nc4cn(N)c(=N)cc4C)nc32)CC1.[HH]. The van der Waals surface area contributed by atoms with E-state index in [-0.39, 0.29) is 32.2 Å². The van der Waals surface area contributed by atoms with E-state index in [1.807, 2.05) is 6.92 Å². The number of nitrogens with zero attached hydrogens (tertiary/aromatic N) is 5. The number of nitrogen functional groups attached to an aromatic ring is 1. The summed E-state index contributed by atoms with van der Waals surface area (Å²) in [5.74, 6) is 6.17. The van der Waals surface area contributed by atoms with Crippen LogP contribution in [0.25, 0.3) is 11.2 Å². The number of anilines is 2. The number of nitrogens with two attached hydrogens (primary N) is 1. The molecule has 30 heavy (non-hydrogen) atoms. The minimum absolute atomic E-state index is 0. The van der Waals surface area contributed by atoms with Crippen molar-refractivity contribution in [2.45, 2.75) is 52.2 Å². The first-order valence-corrected chi connectivity index (χ1v) is 9.65. The normalized spacial score (nSPS) is 18.9. The van der Waals surface area contributed by atoms with Gasteiger partial charge in [-0.2, -0.15) is 4.98 Å². The van der Waals surface area contributed by atoms with Gasteiger partial charge in [-0.1, -0.05) is 7.43 Å². The van der Waals surface area contributed by atoms with Gasteiger partial charge in [-0.15, -0.1) is 0 Å². The first-order chi connectivity index (χ1) is 13.9. The summed E-state index contributed by atoms with van der Waals surface area (Å²) in [6.07, 6.45) is 7.15. The zero-order chi connectivity index (χ0) is 20.7. The first-order valence-electron chi connectivity index (χ1n) is 9.65. The van der Waals surface area contributed by atoms with Crippen molar-refractivity contribution < 1.29 is 6.16 Å². The van der Waals surface area contributed by atoms with Crippen molar-refractivity contribution >= 4 is 22.8 Å². The van der Waals surface area contributed by atoms with Gasteiger partial charge in [0, 0.05) is 21.6 Å². The maximum Gasteiger partial charge on any atom is 0.330 e. The van der Waals surface area contributed by atoms with Crippen LogP contribution in [-0.4, -0.2) is 37.0 Å². The van der Waals surface area contributed by atoms with Crippen molar-refractivity contribution in [3.05, 3.63) is 40.0 Å². The molecule has 1 fully saturated rings. The number of aromatic nitrogens is 5. The van der Waals surface area contributed by atoms with Gasteiger partial charge >= 0.3 is 5.69 Å². The van der Waals surface area contributed by atoms with Crippen LogP contribution in [0.15, 0.2) is 23.3 Å². The van der Waals surface area contributed by atoms with Crippen LogP contribution >= 0.6 is 0 Å². The Hall–Kier alpha value is -3.14. The molecule has 0 radical (unpaired) electrons. The van der Waals surface area contributed by atoms with Crippen LogP contribution in [-0.2, 0) is 11.8 Å². The quantitative estimate of drug-likeness (QED) is 0.559. The smallest absolute Gasteiger partial charge is 0.330 e. The van der Waals surface area contributed by atoms with Crippen molar-refractivity contribution in [1.29, 1.82) is 5.41 Å². The molecule has 0 aromatic carbocycles. The van der Waals surface area contributed by atoms with Crippen molar-refractivity contribution in [3.63, 3.8) is 0 Å². The summed E-state index contributed by atoms with van der Waals surface area (Å²) in [7, 11) is 3.48. The molecule has 3 heterocycles. The molecular weight excluding hydrogens is 384 g/mol. The summed E-state index contributed by atoms with van der Waals surface area (Å²) in [5.41, 5.74) is 2.99. The summed E-state index contributed by atoms with van der Waals surface area (Å²) >= 11 is 0. The van der Waals surface area contributed by atoms with Crippen molar-refractivity contribution in [3.8, 4) is 0 Å². The van der Waals surface area contributed by atoms with Gasteiger partial charge in [-0.25, -0.2) is 9.78 Å². The number of imidazole rings is 1. The number of nitrogens with one attached hydrogen (secondary N) is 2. The Morgan fingerprint density at radius 3 is 2.70 bits per heavy atom. The van der Waals surface area contributed by atoms with E-state index < -0.39 is 0 Å². The molecular formula is C20H32N8O2. The Bertz CT molecular complexity index is 1170. The monoisotopic (exact) mass is 416 g/mol. The number of ether oxygens (including phenoxy) is 1. The lowest BCUT2D eigenvalue weighted by molar-refractivity contribution is 0.0584. The molecule has 0 unspecified atom stereocenters. The predicted molar refractivity (Wildman–Crippen MR) is 118 cm³/mol. The molecule has 10 heteroatoms. The molecule has 1 aliphatic carbocycles. The Balaban J connectivity index is 0.00000171. The summed E-state index contributed by atoms with van der Waals surface area (Å²) in [6, 6.07) is 1.75. The number of hydrogen-bond acceptors (Lipinski definition) is 7. The predicted octanol–water partition coefficient (Wildman–Crippen LogP) is 2.19. The van der Waals surface area contributed by atoms with Crippen LogP contribution in [0, 0.1) is 12.3 Å². The highest BCUT2D eigenvalue weighted by atomic mass is 16.5. The number of rotatable bonds is 4. The molecule has 3 aromatic heterocycles. The van der Waals surface area contributed by atoms with E-state index in [1.54, 1.807) is 41.8 Å². The van der Waals surface area contributed by atoms with Gasteiger partial charge in [0.25, 0.3) is 0 Å². The molecule has 0 atom stereocenters. The molecule has 1 aliphatic rings. The molecule has 4 N–H and O–H groups in total. The molecule has 3 aromatic rings. The Morgan fingerprint density at radius 1 is 1.33 bits per heavy atom. The van der Waals surface area contributed by atoms with E-state index >= 15 is 0 Å². The van der Waals surface area contributed by atoms with Crippen molar-refractivity contribution in [1.82, 2.24) is 23.8 Å². The van der Waals surface area contributed by atoms with Crippen LogP contribution in [0.4, 0.5) is 11.6 Å². The highest BCUT2D eigenvalue weighted by molar-refractivity contribution is 5.73. The van der Waals surface area contributed by atoms with Gasteiger partial charge in [0.2, 0.25) is 5.95 Å². The van der Waals surface area contributed by atoms with Crippen LogP contribution in [0.2, 0.25) is 0 Å². The van der Waals surface area contributed by atoms with E-state index in [0.717, 1.165) is 31.2 Å². The van der Waals surface area contributed by atoms with Crippen molar-refractivity contribution in [2.24, 2.45) is 7.05 Å². The largest absolute Gasteiger partial charge is 0.381 e. The van der Waals surface area contributed by atoms with E-state index in [0.29, 0.717) is 22.8 Å². The minimum atomic E-state index is -0.0816. The van der Waals surface area contributed by atoms with Crippen LogP contribution in [0.1, 0.15) is 46.1 Å². The van der Waals surface area contributed by atoms with E-state index in [1.165, 1.54) is 4.68 Å². The maximum absolute atomic E-state index is 12.9. The van der Waals surface area contributed by atoms with Gasteiger partial charge in [-0.3, -0.25) is 19.2 Å². The Morgan fingerprint density at radius 2 is 2.03 bits per heavy atom. The van der Waals surface area contributed by atoms with Gasteiger partial charge in [0.05, 0.1) is 24.2 Å². The summed E-state index contributed by atoms with van der Waals surface area (Å²) in [4.78, 5) is 21.9. The van der Waals surface area contributed by atoms with E-state index in [2.05, 4.69) is 15.3 Å². The Kier molecular flexibility index (Phi) is 5.97. The fourth-order valence-electron chi connectivity index (χ4n) is 3.98. The van der Waals surface area contributed by atoms with Crippen LogP contribution < -0.4 is 22.3 Å². The molecule has 0 spiro atoms. The number of pyridine rings is 1. The van der Waals surface area contributed by atoms with Crippen LogP contribution in [0.5, 0.6) is 0 Å². The molecule has 0 aliphatic heterocycles. The first kappa shape index (κ1) is 21.6. The van der Waals surface area contributed by atoms with Gasteiger partial charge < -0.3 is 15.9 Å². The molecule has 1 saturated carbocycles. The highest BCUT2D eigenvalue weighted by Gasteiger charge is 2.26. The van der Waals surface area contributed by atoms with Gasteiger partial charge in [0.1, 0.15) is 11.0 Å². The highest BCUT2D eigenvalue weighted by Crippen LogP contribution is 2.31. The second-order valence-corrected chi connectivity index (χ2v) is 7.57. The number of aryl methyl sites for hydroxylation is 2. The van der Waals surface area contributed by atoms with E-state index in [9.17, 15) is 4.79 Å². The maximum atomic E-state index is 12.9. The Labute approximate surface area is 176 Å². The van der Waals surface area contributed by atoms with Crippen LogP contribution in [0.3, 0.4) is 0 Å². The number of methoxy groups -OCH3 is 1. The summed E-state index contributed by atoms with van der Waals surface area (Å²) in [6.45, 7) is 1.88. The number of fused-ring (bicyclic) bond motifs is 1. The molecule has 164 valence electrons. The second-order valence-electron chi connectivity index (χ2n) is 7.57. The topological polar surface area (TPSA) is 129 Å². The molecule has 0 amide bonds. The average molecular weight is 417 g/mol. The van der Waals surface area contributed by atoms with Crippen molar-refractivity contribution in [2.75, 3.05) is 18.3 Å². The molecule has 0 bridgehead atoms. The minimum Gasteiger partial charge on any atom is -0.381 e. The summed E-state index contributed by atoms with van der Waals surface area (Å²) in [5, 5.41) is 10.9. The fraction of sp³-hybridized carbons (Fsp3) is 0.500. The zero-order valence-electron chi connectivity index (χ0n) is 16.8. The lowest BCUT2D eigenvalue weighted by Crippen LogP contribution is -2.30. The zero-order valence-corrected chi connectivity index (χ0v) is 16.8. The standard InChI is InChI=1S/C19H26N8O2.CH4.H2/c1-11-8-16(20)26(21)10-14(11)23-18-22-9-15-17(24-18)27(19(28)25(15)2)12-4-6-13(29-3)7-5-12;;/h8-10,12-13,20H,4-7,21H2,1-3H3,(H,22,23,24);1H4;1H. The third kappa shape index (κ3) is 3.70. The van der Waals surface area contributed by atoms with E-state index in [4.69, 9.17) is 16.0 Å². The molecule has 0 saturated heterocycles. The number of hydrogen-bond donors (Lipinski definition) is 3. The lowest BCUT2D eigenvalue weighted by atomic mass is 9.93. The summed E-state index contributed by atoms with van der Waals surface area (Å²) < 4.78 is 10.1. The third-order valence-electron chi connectivity index (χ3n) is 5.75. The lowest BCUT2D eigenvalue weighted by Gasteiger charge is -2.28. The van der Waals surface area contributed by atoms with Gasteiger partial charge in [0.15, 0.2) is 5.65 Å².